The molecule has 0 fully saturated rings. The zero-order chi connectivity index (χ0) is 13.8. The van der Waals surface area contributed by atoms with Gasteiger partial charge in [-0.25, -0.2) is 4.98 Å². The molecule has 100 valence electrons. The van der Waals surface area contributed by atoms with E-state index in [2.05, 4.69) is 10.3 Å². The monoisotopic (exact) mass is 291 g/mol. The predicted octanol–water partition coefficient (Wildman–Crippen LogP) is 2.17. The first-order chi connectivity index (χ1) is 8.35. The summed E-state index contributed by atoms with van der Waals surface area (Å²) in [7, 11) is 0. The average Bonchev–Trinajstić information content (AvgIpc) is 2.27. The van der Waals surface area contributed by atoms with E-state index in [9.17, 15) is 15.2 Å². The smallest absolute Gasteiger partial charge is 0.289 e. The van der Waals surface area contributed by atoms with E-state index in [1.54, 1.807) is 6.92 Å². The number of hydrogen-bond donors (Lipinski definition) is 2. The Bertz CT molecular complexity index is 442. The maximum atomic E-state index is 10.5. The normalized spacial score (nSPS) is 14.0. The molecule has 0 amide bonds. The van der Waals surface area contributed by atoms with Crippen molar-refractivity contribution in [3.63, 3.8) is 0 Å². The average molecular weight is 292 g/mol. The number of aliphatic hydroxyl groups is 1. The van der Waals surface area contributed by atoms with E-state index in [0.717, 1.165) is 6.20 Å². The molecule has 1 heterocycles. The quantitative estimate of drug-likeness (QED) is 0.617. The molecule has 0 saturated carbocycles. The molecule has 6 nitrogen and oxygen atoms in total. The first kappa shape index (κ1) is 15.0. The molecule has 0 saturated heterocycles. The lowest BCUT2D eigenvalue weighted by atomic mass is 10.1. The summed E-state index contributed by atoms with van der Waals surface area (Å²) < 4.78 is 0. The summed E-state index contributed by atoms with van der Waals surface area (Å²) in [6.45, 7) is 1.95. The van der Waals surface area contributed by atoms with E-state index in [4.69, 9.17) is 11.6 Å². The number of pyridine rings is 1. The second kappa shape index (κ2) is 6.21. The minimum atomic E-state index is -0.897. The molecule has 1 atom stereocenters. The lowest BCUT2D eigenvalue weighted by molar-refractivity contribution is -0.385. The number of aromatic nitrogens is 1. The molecule has 0 aliphatic carbocycles. The van der Waals surface area contributed by atoms with Crippen LogP contribution in [0.15, 0.2) is 12.3 Å². The Morgan fingerprint density at radius 2 is 2.39 bits per heavy atom. The van der Waals surface area contributed by atoms with Crippen molar-refractivity contribution in [3.8, 4) is 0 Å². The molecule has 2 N–H and O–H groups in total. The third kappa shape index (κ3) is 4.32. The van der Waals surface area contributed by atoms with Crippen molar-refractivity contribution in [1.82, 2.24) is 4.98 Å². The van der Waals surface area contributed by atoms with Crippen LogP contribution in [0.1, 0.15) is 6.92 Å². The third-order valence-electron chi connectivity index (χ3n) is 2.13. The molecule has 8 heteroatoms. The van der Waals surface area contributed by atoms with E-state index in [0.29, 0.717) is 11.6 Å². The van der Waals surface area contributed by atoms with Crippen LogP contribution in [0, 0.1) is 10.1 Å². The van der Waals surface area contributed by atoms with E-state index in [1.165, 1.54) is 17.8 Å². The van der Waals surface area contributed by atoms with Gasteiger partial charge in [0, 0.05) is 18.4 Å². The molecule has 0 aliphatic rings. The van der Waals surface area contributed by atoms with Crippen LogP contribution >= 0.6 is 23.4 Å². The van der Waals surface area contributed by atoms with E-state index < -0.39 is 10.5 Å². The summed E-state index contributed by atoms with van der Waals surface area (Å²) in [6, 6.07) is 1.22. The van der Waals surface area contributed by atoms with E-state index in [1.807, 2.05) is 6.26 Å². The van der Waals surface area contributed by atoms with Gasteiger partial charge in [-0.3, -0.25) is 10.1 Å². The van der Waals surface area contributed by atoms with Gasteiger partial charge in [0.05, 0.1) is 15.5 Å². The number of rotatable bonds is 6. The number of nitro groups is 1. The zero-order valence-corrected chi connectivity index (χ0v) is 11.6. The highest BCUT2D eigenvalue weighted by Crippen LogP contribution is 2.24. The summed E-state index contributed by atoms with van der Waals surface area (Å²) in [5, 5.41) is 23.5. The lowest BCUT2D eigenvalue weighted by Crippen LogP contribution is -2.36. The van der Waals surface area contributed by atoms with Gasteiger partial charge in [0.15, 0.2) is 0 Å². The zero-order valence-electron chi connectivity index (χ0n) is 10.0. The van der Waals surface area contributed by atoms with Crippen molar-refractivity contribution >= 4 is 34.9 Å². The number of nitrogens with one attached hydrogen (secondary N) is 1. The third-order valence-corrected chi connectivity index (χ3v) is 3.33. The Morgan fingerprint density at radius 3 is 2.89 bits per heavy atom. The van der Waals surface area contributed by atoms with Crippen molar-refractivity contribution in [2.24, 2.45) is 0 Å². The first-order valence-corrected chi connectivity index (χ1v) is 6.88. The molecule has 1 aromatic rings. The van der Waals surface area contributed by atoms with Crippen LogP contribution in [-0.2, 0) is 0 Å². The summed E-state index contributed by atoms with van der Waals surface area (Å²) in [4.78, 5) is 13.8. The van der Waals surface area contributed by atoms with Crippen LogP contribution in [0.25, 0.3) is 0 Å². The SMILES string of the molecule is CSCC(C)(O)CNc1ncc([N+](=O)[O-])cc1Cl. The minimum absolute atomic E-state index is 0.157. The number of anilines is 1. The van der Waals surface area contributed by atoms with E-state index in [-0.39, 0.29) is 17.3 Å². The van der Waals surface area contributed by atoms with Crippen molar-refractivity contribution in [1.29, 1.82) is 0 Å². The topological polar surface area (TPSA) is 88.3 Å². The van der Waals surface area contributed by atoms with Gasteiger partial charge >= 0.3 is 0 Å². The molecule has 0 radical (unpaired) electrons. The molecule has 0 spiro atoms. The Hall–Kier alpha value is -1.05. The molecule has 18 heavy (non-hydrogen) atoms. The van der Waals surface area contributed by atoms with Gasteiger partial charge in [-0.1, -0.05) is 11.6 Å². The molecule has 0 bridgehead atoms. The molecule has 1 unspecified atom stereocenters. The maximum Gasteiger partial charge on any atom is 0.289 e. The number of nitrogens with zero attached hydrogens (tertiary/aromatic N) is 2. The van der Waals surface area contributed by atoms with Gasteiger partial charge in [0.1, 0.15) is 12.0 Å². The summed E-state index contributed by atoms with van der Waals surface area (Å²) in [5.41, 5.74) is -1.06. The fourth-order valence-electron chi connectivity index (χ4n) is 1.29. The molecular formula is C10H14ClN3O3S. The van der Waals surface area contributed by atoms with Gasteiger partial charge in [-0.2, -0.15) is 11.8 Å². The lowest BCUT2D eigenvalue weighted by Gasteiger charge is -2.22. The van der Waals surface area contributed by atoms with Crippen LogP contribution in [0.5, 0.6) is 0 Å². The summed E-state index contributed by atoms with van der Waals surface area (Å²) in [6.07, 6.45) is 3.02. The summed E-state index contributed by atoms with van der Waals surface area (Å²) >= 11 is 7.38. The molecule has 0 aromatic carbocycles. The molecule has 1 aromatic heterocycles. The van der Waals surface area contributed by atoms with Crippen LogP contribution in [0.4, 0.5) is 11.5 Å². The fraction of sp³-hybridized carbons (Fsp3) is 0.500. The summed E-state index contributed by atoms with van der Waals surface area (Å²) in [5.74, 6) is 0.883. The van der Waals surface area contributed by atoms with Gasteiger partial charge in [-0.05, 0) is 13.2 Å². The largest absolute Gasteiger partial charge is 0.387 e. The van der Waals surface area contributed by atoms with Crippen molar-refractivity contribution in [3.05, 3.63) is 27.4 Å². The van der Waals surface area contributed by atoms with Gasteiger partial charge in [-0.15, -0.1) is 0 Å². The molecule has 0 aliphatic heterocycles. The Labute approximate surface area is 114 Å². The molecule has 1 rings (SSSR count). The van der Waals surface area contributed by atoms with Crippen LogP contribution in [0.3, 0.4) is 0 Å². The van der Waals surface area contributed by atoms with Crippen molar-refractivity contribution < 1.29 is 10.0 Å². The van der Waals surface area contributed by atoms with Crippen LogP contribution in [0.2, 0.25) is 5.02 Å². The fourth-order valence-corrected chi connectivity index (χ4v) is 2.25. The molecular weight excluding hydrogens is 278 g/mol. The van der Waals surface area contributed by atoms with Gasteiger partial charge in [0.25, 0.3) is 5.69 Å². The highest BCUT2D eigenvalue weighted by Gasteiger charge is 2.20. The van der Waals surface area contributed by atoms with Crippen LogP contribution in [-0.4, -0.2) is 39.2 Å². The predicted molar refractivity (Wildman–Crippen MR) is 73.4 cm³/mol. The Morgan fingerprint density at radius 1 is 1.72 bits per heavy atom. The highest BCUT2D eigenvalue weighted by atomic mass is 35.5. The highest BCUT2D eigenvalue weighted by molar-refractivity contribution is 7.98. The first-order valence-electron chi connectivity index (χ1n) is 5.11. The number of halogens is 1. The van der Waals surface area contributed by atoms with E-state index >= 15 is 0 Å². The Balaban J connectivity index is 2.71. The van der Waals surface area contributed by atoms with Gasteiger partial charge in [0.2, 0.25) is 0 Å². The second-order valence-corrected chi connectivity index (χ2v) is 5.34. The van der Waals surface area contributed by atoms with Crippen molar-refractivity contribution in [2.75, 3.05) is 23.9 Å². The van der Waals surface area contributed by atoms with Crippen LogP contribution < -0.4 is 5.32 Å². The maximum absolute atomic E-state index is 10.5. The second-order valence-electron chi connectivity index (χ2n) is 4.06. The number of hydrogen-bond acceptors (Lipinski definition) is 6. The Kier molecular flexibility index (Phi) is 5.18. The van der Waals surface area contributed by atoms with Gasteiger partial charge < -0.3 is 10.4 Å². The standard InChI is InChI=1S/C10H14ClN3O3S/c1-10(15,6-18-2)5-13-9-8(11)3-7(4-12-9)14(16)17/h3-4,15H,5-6H2,1-2H3,(H,12,13). The van der Waals surface area contributed by atoms with Crippen molar-refractivity contribution in [2.45, 2.75) is 12.5 Å². The minimum Gasteiger partial charge on any atom is -0.387 e. The number of thioether (sulfide) groups is 1.